The van der Waals surface area contributed by atoms with Crippen LogP contribution in [0.5, 0.6) is 0 Å². The third kappa shape index (κ3) is 4.23. The van der Waals surface area contributed by atoms with Gasteiger partial charge < -0.3 is 15.7 Å². The number of aliphatic carboxylic acids is 1. The Hall–Kier alpha value is -1.56. The van der Waals surface area contributed by atoms with Crippen molar-refractivity contribution in [3.8, 4) is 0 Å². The van der Waals surface area contributed by atoms with Crippen molar-refractivity contribution in [1.29, 1.82) is 0 Å². The van der Waals surface area contributed by atoms with E-state index in [1.54, 1.807) is 11.3 Å². The molecule has 0 saturated heterocycles. The summed E-state index contributed by atoms with van der Waals surface area (Å²) in [7, 11) is 0. The number of amides is 2. The SMILES string of the molecule is O=C(O)CC1(CNC(=O)NCCc2cccs2)CCC1. The van der Waals surface area contributed by atoms with Gasteiger partial charge in [-0.1, -0.05) is 12.5 Å². The first kappa shape index (κ1) is 14.8. The van der Waals surface area contributed by atoms with Gasteiger partial charge in [0.05, 0.1) is 6.42 Å². The third-order valence-electron chi connectivity index (χ3n) is 3.80. The molecule has 20 heavy (non-hydrogen) atoms. The summed E-state index contributed by atoms with van der Waals surface area (Å²) >= 11 is 1.67. The molecule has 1 fully saturated rings. The van der Waals surface area contributed by atoms with E-state index in [1.165, 1.54) is 4.88 Å². The molecule has 0 spiro atoms. The number of rotatable bonds is 7. The lowest BCUT2D eigenvalue weighted by Gasteiger charge is -2.40. The van der Waals surface area contributed by atoms with Gasteiger partial charge in [0.15, 0.2) is 0 Å². The van der Waals surface area contributed by atoms with E-state index in [4.69, 9.17) is 5.11 Å². The van der Waals surface area contributed by atoms with E-state index in [0.29, 0.717) is 13.1 Å². The number of thiophene rings is 1. The molecule has 1 aromatic rings. The van der Waals surface area contributed by atoms with Crippen LogP contribution in [0.25, 0.3) is 0 Å². The number of carboxylic acids is 1. The first-order valence-corrected chi connectivity index (χ1v) is 7.74. The Morgan fingerprint density at radius 2 is 2.15 bits per heavy atom. The van der Waals surface area contributed by atoms with E-state index in [0.717, 1.165) is 25.7 Å². The molecule has 5 nitrogen and oxygen atoms in total. The van der Waals surface area contributed by atoms with E-state index in [-0.39, 0.29) is 17.9 Å². The number of urea groups is 1. The van der Waals surface area contributed by atoms with Gasteiger partial charge in [-0.2, -0.15) is 0 Å². The molecule has 0 aromatic carbocycles. The van der Waals surface area contributed by atoms with Crippen molar-refractivity contribution in [2.75, 3.05) is 13.1 Å². The highest BCUT2D eigenvalue weighted by molar-refractivity contribution is 7.09. The second-order valence-corrected chi connectivity index (χ2v) is 6.40. The quantitative estimate of drug-likeness (QED) is 0.722. The Morgan fingerprint density at radius 3 is 2.70 bits per heavy atom. The van der Waals surface area contributed by atoms with Crippen molar-refractivity contribution in [3.63, 3.8) is 0 Å². The lowest BCUT2D eigenvalue weighted by Crippen LogP contribution is -2.46. The van der Waals surface area contributed by atoms with Crippen LogP contribution in [-0.4, -0.2) is 30.2 Å². The van der Waals surface area contributed by atoms with Crippen LogP contribution >= 0.6 is 11.3 Å². The standard InChI is InChI=1S/C14H20N2O3S/c17-12(18)9-14(5-2-6-14)10-16-13(19)15-7-4-11-3-1-8-20-11/h1,3,8H,2,4-7,9-10H2,(H,17,18)(H2,15,16,19). The Balaban J connectivity index is 1.65. The van der Waals surface area contributed by atoms with Crippen molar-refractivity contribution >= 4 is 23.3 Å². The van der Waals surface area contributed by atoms with Crippen molar-refractivity contribution < 1.29 is 14.7 Å². The van der Waals surface area contributed by atoms with Crippen LogP contribution in [0, 0.1) is 5.41 Å². The molecule has 0 aliphatic heterocycles. The zero-order valence-corrected chi connectivity index (χ0v) is 12.2. The van der Waals surface area contributed by atoms with Crippen molar-refractivity contribution in [1.82, 2.24) is 10.6 Å². The van der Waals surface area contributed by atoms with Crippen LogP contribution < -0.4 is 10.6 Å². The van der Waals surface area contributed by atoms with Crippen LogP contribution in [0.4, 0.5) is 4.79 Å². The minimum Gasteiger partial charge on any atom is -0.481 e. The molecule has 0 atom stereocenters. The highest BCUT2D eigenvalue weighted by Gasteiger charge is 2.39. The lowest BCUT2D eigenvalue weighted by molar-refractivity contribution is -0.141. The van der Waals surface area contributed by atoms with Crippen LogP contribution in [0.1, 0.15) is 30.6 Å². The van der Waals surface area contributed by atoms with E-state index < -0.39 is 5.97 Å². The molecular formula is C14H20N2O3S. The topological polar surface area (TPSA) is 78.4 Å². The smallest absolute Gasteiger partial charge is 0.314 e. The van der Waals surface area contributed by atoms with E-state index in [9.17, 15) is 9.59 Å². The van der Waals surface area contributed by atoms with Gasteiger partial charge in [-0.3, -0.25) is 4.79 Å². The highest BCUT2D eigenvalue weighted by Crippen LogP contribution is 2.43. The van der Waals surface area contributed by atoms with Gasteiger partial charge in [0, 0.05) is 18.0 Å². The lowest BCUT2D eigenvalue weighted by atomic mass is 9.66. The van der Waals surface area contributed by atoms with Crippen molar-refractivity contribution in [2.45, 2.75) is 32.1 Å². The molecule has 3 N–H and O–H groups in total. The predicted molar refractivity (Wildman–Crippen MR) is 78.0 cm³/mol. The minimum atomic E-state index is -0.787. The summed E-state index contributed by atoms with van der Waals surface area (Å²) in [4.78, 5) is 23.7. The fourth-order valence-corrected chi connectivity index (χ4v) is 3.21. The molecule has 0 radical (unpaired) electrons. The summed E-state index contributed by atoms with van der Waals surface area (Å²) in [6, 6.07) is 3.82. The molecule has 1 aliphatic rings. The van der Waals surface area contributed by atoms with Crippen LogP contribution in [0.15, 0.2) is 17.5 Å². The predicted octanol–water partition coefficient (Wildman–Crippen LogP) is 2.23. The summed E-state index contributed by atoms with van der Waals surface area (Å²) in [5.41, 5.74) is -0.225. The fraction of sp³-hybridized carbons (Fsp3) is 0.571. The van der Waals surface area contributed by atoms with E-state index >= 15 is 0 Å². The Kier molecular flexibility index (Phi) is 5.00. The highest BCUT2D eigenvalue weighted by atomic mass is 32.1. The number of nitrogens with one attached hydrogen (secondary N) is 2. The van der Waals surface area contributed by atoms with E-state index in [2.05, 4.69) is 10.6 Å². The fourth-order valence-electron chi connectivity index (χ4n) is 2.50. The monoisotopic (exact) mass is 296 g/mol. The molecule has 6 heteroatoms. The largest absolute Gasteiger partial charge is 0.481 e. The van der Waals surface area contributed by atoms with Crippen molar-refractivity contribution in [3.05, 3.63) is 22.4 Å². The molecule has 2 amide bonds. The summed E-state index contributed by atoms with van der Waals surface area (Å²) in [6.07, 6.45) is 3.78. The maximum absolute atomic E-state index is 11.7. The number of hydrogen-bond acceptors (Lipinski definition) is 3. The zero-order valence-electron chi connectivity index (χ0n) is 11.4. The minimum absolute atomic E-state index is 0.141. The average Bonchev–Trinajstić information content (AvgIpc) is 2.85. The normalized spacial score (nSPS) is 16.2. The van der Waals surface area contributed by atoms with Crippen LogP contribution in [0.2, 0.25) is 0 Å². The molecule has 1 aliphatic carbocycles. The summed E-state index contributed by atoms with van der Waals surface area (Å²) in [5.74, 6) is -0.787. The number of carbonyl (C=O) groups excluding carboxylic acids is 1. The summed E-state index contributed by atoms with van der Waals surface area (Å²) in [6.45, 7) is 1.04. The van der Waals surface area contributed by atoms with Gasteiger partial charge in [0.2, 0.25) is 0 Å². The summed E-state index contributed by atoms with van der Waals surface area (Å²) < 4.78 is 0. The van der Waals surface area contributed by atoms with Gasteiger partial charge in [-0.25, -0.2) is 4.79 Å². The molecule has 1 saturated carbocycles. The first-order chi connectivity index (χ1) is 9.60. The van der Waals surface area contributed by atoms with Crippen molar-refractivity contribution in [2.24, 2.45) is 5.41 Å². The Bertz CT molecular complexity index is 455. The average molecular weight is 296 g/mol. The molecule has 0 bridgehead atoms. The molecule has 1 aromatic heterocycles. The molecule has 110 valence electrons. The number of carboxylic acid groups (broad SMARTS) is 1. The third-order valence-corrected chi connectivity index (χ3v) is 4.74. The van der Waals surface area contributed by atoms with Crippen LogP contribution in [0.3, 0.4) is 0 Å². The molecular weight excluding hydrogens is 276 g/mol. The number of hydrogen-bond donors (Lipinski definition) is 3. The first-order valence-electron chi connectivity index (χ1n) is 6.86. The van der Waals surface area contributed by atoms with Crippen LogP contribution in [-0.2, 0) is 11.2 Å². The molecule has 0 unspecified atom stereocenters. The second-order valence-electron chi connectivity index (χ2n) is 5.36. The van der Waals surface area contributed by atoms with Gasteiger partial charge in [0.1, 0.15) is 0 Å². The Morgan fingerprint density at radius 1 is 1.35 bits per heavy atom. The van der Waals surface area contributed by atoms with E-state index in [1.807, 2.05) is 17.5 Å². The molecule has 2 rings (SSSR count). The Labute approximate surface area is 122 Å². The zero-order chi connectivity index (χ0) is 14.4. The second kappa shape index (κ2) is 6.74. The van der Waals surface area contributed by atoms with Gasteiger partial charge in [-0.15, -0.1) is 11.3 Å². The number of carbonyl (C=O) groups is 2. The van der Waals surface area contributed by atoms with Gasteiger partial charge in [-0.05, 0) is 36.1 Å². The van der Waals surface area contributed by atoms with Gasteiger partial charge >= 0.3 is 12.0 Å². The maximum Gasteiger partial charge on any atom is 0.314 e. The van der Waals surface area contributed by atoms with Gasteiger partial charge in [0.25, 0.3) is 0 Å². The molecule has 1 heterocycles. The maximum atomic E-state index is 11.7. The summed E-state index contributed by atoms with van der Waals surface area (Å²) in [5, 5.41) is 16.5.